The molecule has 3 atom stereocenters. The third-order valence-electron chi connectivity index (χ3n) is 4.60. The first-order chi connectivity index (χ1) is 8.06. The summed E-state index contributed by atoms with van der Waals surface area (Å²) in [6, 6.07) is 0.628. The molecule has 1 rings (SSSR count). The van der Waals surface area contributed by atoms with Crippen LogP contribution in [0.25, 0.3) is 0 Å². The van der Waals surface area contributed by atoms with Crippen LogP contribution in [0, 0.1) is 11.3 Å². The van der Waals surface area contributed by atoms with E-state index in [1.807, 2.05) is 0 Å². The lowest BCUT2D eigenvalue weighted by Crippen LogP contribution is -2.60. The Morgan fingerprint density at radius 1 is 1.35 bits per heavy atom. The van der Waals surface area contributed by atoms with E-state index < -0.39 is 0 Å². The van der Waals surface area contributed by atoms with Gasteiger partial charge in [0.1, 0.15) is 0 Å². The molecule has 0 heterocycles. The molecule has 0 aromatic rings. The van der Waals surface area contributed by atoms with Crippen LogP contribution >= 0.6 is 0 Å². The summed E-state index contributed by atoms with van der Waals surface area (Å²) in [5.41, 5.74) is 0.303. The van der Waals surface area contributed by atoms with E-state index in [9.17, 15) is 0 Å². The van der Waals surface area contributed by atoms with E-state index in [2.05, 4.69) is 40.1 Å². The minimum atomic E-state index is 0.303. The Morgan fingerprint density at radius 2 is 2.06 bits per heavy atom. The molecule has 17 heavy (non-hydrogen) atoms. The molecule has 2 nitrogen and oxygen atoms in total. The third kappa shape index (κ3) is 3.69. The molecule has 0 bridgehead atoms. The Balaban J connectivity index is 2.26. The highest BCUT2D eigenvalue weighted by Gasteiger charge is 2.48. The Bertz CT molecular complexity index is 215. The smallest absolute Gasteiger partial charge is 0.0656 e. The summed E-state index contributed by atoms with van der Waals surface area (Å²) in [6.45, 7) is 10.1. The van der Waals surface area contributed by atoms with Crippen molar-refractivity contribution >= 4 is 0 Å². The molecule has 3 unspecified atom stereocenters. The number of rotatable bonds is 8. The number of hydrogen-bond donors (Lipinski definition) is 1. The molecule has 0 aromatic heterocycles. The second kappa shape index (κ2) is 6.75. The minimum absolute atomic E-state index is 0.303. The molecule has 0 aromatic carbocycles. The van der Waals surface area contributed by atoms with Gasteiger partial charge in [-0.3, -0.25) is 0 Å². The standard InChI is InChI=1S/C15H31NO/c1-6-8-9-12(7-2)11-17-14-10-13(16-5)15(14,3)4/h12-14,16H,6-11H2,1-5H3. The fourth-order valence-electron chi connectivity index (χ4n) is 2.81. The van der Waals surface area contributed by atoms with Gasteiger partial charge in [-0.1, -0.05) is 47.0 Å². The maximum atomic E-state index is 6.14. The number of unbranched alkanes of at least 4 members (excludes halogenated alkanes) is 1. The molecular weight excluding hydrogens is 210 g/mol. The highest BCUT2D eigenvalue weighted by Crippen LogP contribution is 2.42. The van der Waals surface area contributed by atoms with Crippen LogP contribution in [-0.2, 0) is 4.74 Å². The summed E-state index contributed by atoms with van der Waals surface area (Å²) in [7, 11) is 2.05. The van der Waals surface area contributed by atoms with Gasteiger partial charge in [-0.25, -0.2) is 0 Å². The van der Waals surface area contributed by atoms with Gasteiger partial charge in [-0.15, -0.1) is 0 Å². The predicted octanol–water partition coefficient (Wildman–Crippen LogP) is 3.61. The molecule has 0 amide bonds. The third-order valence-corrected chi connectivity index (χ3v) is 4.60. The van der Waals surface area contributed by atoms with Crippen molar-refractivity contribution < 1.29 is 4.74 Å². The van der Waals surface area contributed by atoms with Crippen LogP contribution in [0.4, 0.5) is 0 Å². The van der Waals surface area contributed by atoms with Gasteiger partial charge in [0, 0.05) is 18.1 Å². The Labute approximate surface area is 108 Å². The van der Waals surface area contributed by atoms with Crippen molar-refractivity contribution in [1.82, 2.24) is 5.32 Å². The van der Waals surface area contributed by atoms with E-state index in [1.54, 1.807) is 0 Å². The molecule has 1 aliphatic rings. The highest BCUT2D eigenvalue weighted by molar-refractivity contribution is 5.02. The Kier molecular flexibility index (Phi) is 5.94. The first-order valence-corrected chi connectivity index (χ1v) is 7.35. The van der Waals surface area contributed by atoms with Crippen molar-refractivity contribution in [3.63, 3.8) is 0 Å². The fraction of sp³-hybridized carbons (Fsp3) is 1.00. The maximum absolute atomic E-state index is 6.14. The van der Waals surface area contributed by atoms with E-state index in [0.29, 0.717) is 17.6 Å². The quantitative estimate of drug-likeness (QED) is 0.701. The molecule has 102 valence electrons. The molecule has 2 heteroatoms. The summed E-state index contributed by atoms with van der Waals surface area (Å²) in [4.78, 5) is 0. The highest BCUT2D eigenvalue weighted by atomic mass is 16.5. The van der Waals surface area contributed by atoms with Crippen molar-refractivity contribution in [3.8, 4) is 0 Å². The summed E-state index contributed by atoms with van der Waals surface area (Å²) < 4.78 is 6.14. The first kappa shape index (κ1) is 15.0. The lowest BCUT2D eigenvalue weighted by atomic mass is 9.64. The van der Waals surface area contributed by atoms with Gasteiger partial charge >= 0.3 is 0 Å². The van der Waals surface area contributed by atoms with Gasteiger partial charge in [-0.2, -0.15) is 0 Å². The van der Waals surface area contributed by atoms with E-state index >= 15 is 0 Å². The number of nitrogens with one attached hydrogen (secondary N) is 1. The molecule has 1 fully saturated rings. The van der Waals surface area contributed by atoms with Crippen LogP contribution in [-0.4, -0.2) is 25.8 Å². The van der Waals surface area contributed by atoms with Crippen molar-refractivity contribution in [2.45, 2.75) is 71.9 Å². The number of hydrogen-bond acceptors (Lipinski definition) is 2. The number of ether oxygens (including phenoxy) is 1. The summed E-state index contributed by atoms with van der Waals surface area (Å²) in [5, 5.41) is 3.38. The summed E-state index contributed by atoms with van der Waals surface area (Å²) in [6.07, 6.45) is 6.85. The molecule has 0 aliphatic heterocycles. The minimum Gasteiger partial charge on any atom is -0.377 e. The van der Waals surface area contributed by atoms with Gasteiger partial charge in [-0.05, 0) is 25.8 Å². The van der Waals surface area contributed by atoms with Crippen LogP contribution in [0.15, 0.2) is 0 Å². The van der Waals surface area contributed by atoms with Crippen LogP contribution in [0.2, 0.25) is 0 Å². The van der Waals surface area contributed by atoms with Crippen molar-refractivity contribution in [1.29, 1.82) is 0 Å². The van der Waals surface area contributed by atoms with Crippen molar-refractivity contribution in [3.05, 3.63) is 0 Å². The van der Waals surface area contributed by atoms with Crippen LogP contribution in [0.3, 0.4) is 0 Å². The second-order valence-electron chi connectivity index (χ2n) is 6.14. The van der Waals surface area contributed by atoms with Crippen molar-refractivity contribution in [2.75, 3.05) is 13.7 Å². The van der Waals surface area contributed by atoms with Gasteiger partial charge < -0.3 is 10.1 Å². The normalized spacial score (nSPS) is 28.8. The predicted molar refractivity (Wildman–Crippen MR) is 74.3 cm³/mol. The topological polar surface area (TPSA) is 21.3 Å². The molecule has 1 N–H and O–H groups in total. The maximum Gasteiger partial charge on any atom is 0.0656 e. The molecular formula is C15H31NO. The van der Waals surface area contributed by atoms with Gasteiger partial charge in [0.05, 0.1) is 6.10 Å². The lowest BCUT2D eigenvalue weighted by molar-refractivity contribution is -0.125. The van der Waals surface area contributed by atoms with Crippen molar-refractivity contribution in [2.24, 2.45) is 11.3 Å². The Morgan fingerprint density at radius 3 is 2.53 bits per heavy atom. The van der Waals surface area contributed by atoms with Gasteiger partial charge in [0.25, 0.3) is 0 Å². The van der Waals surface area contributed by atoms with Crippen LogP contribution < -0.4 is 5.32 Å². The molecule has 0 radical (unpaired) electrons. The molecule has 1 aliphatic carbocycles. The average Bonchev–Trinajstić information content (AvgIpc) is 2.31. The monoisotopic (exact) mass is 241 g/mol. The average molecular weight is 241 g/mol. The first-order valence-electron chi connectivity index (χ1n) is 7.35. The Hall–Kier alpha value is -0.0800. The van der Waals surface area contributed by atoms with Gasteiger partial charge in [0.2, 0.25) is 0 Å². The van der Waals surface area contributed by atoms with E-state index in [0.717, 1.165) is 12.5 Å². The lowest BCUT2D eigenvalue weighted by Gasteiger charge is -2.51. The van der Waals surface area contributed by atoms with E-state index in [-0.39, 0.29) is 0 Å². The van der Waals surface area contributed by atoms with Gasteiger partial charge in [0.15, 0.2) is 0 Å². The van der Waals surface area contributed by atoms with Crippen LogP contribution in [0.1, 0.15) is 59.8 Å². The summed E-state index contributed by atoms with van der Waals surface area (Å²) >= 11 is 0. The van der Waals surface area contributed by atoms with Crippen LogP contribution in [0.5, 0.6) is 0 Å². The van der Waals surface area contributed by atoms with E-state index in [4.69, 9.17) is 4.74 Å². The molecule has 0 spiro atoms. The zero-order valence-corrected chi connectivity index (χ0v) is 12.4. The zero-order chi connectivity index (χ0) is 12.9. The second-order valence-corrected chi connectivity index (χ2v) is 6.14. The zero-order valence-electron chi connectivity index (χ0n) is 12.4. The summed E-state index contributed by atoms with van der Waals surface area (Å²) in [5.74, 6) is 0.763. The fourth-order valence-corrected chi connectivity index (χ4v) is 2.81. The molecule has 0 saturated heterocycles. The largest absolute Gasteiger partial charge is 0.377 e. The molecule has 1 saturated carbocycles. The SMILES string of the molecule is CCCCC(CC)COC1CC(NC)C1(C)C. The van der Waals surface area contributed by atoms with E-state index in [1.165, 1.54) is 32.1 Å².